The summed E-state index contributed by atoms with van der Waals surface area (Å²) in [5, 5.41) is 3.08. The molecule has 0 radical (unpaired) electrons. The van der Waals surface area contributed by atoms with Crippen molar-refractivity contribution in [3.05, 3.63) is 0 Å². The minimum absolute atomic E-state index is 0.222. The molecule has 0 fully saturated rings. The highest BCUT2D eigenvalue weighted by molar-refractivity contribution is 5.84. The second-order valence-electron chi connectivity index (χ2n) is 3.25. The van der Waals surface area contributed by atoms with Gasteiger partial charge in [0.05, 0.1) is 5.54 Å². The van der Waals surface area contributed by atoms with Crippen LogP contribution in [0.1, 0.15) is 27.7 Å². The van der Waals surface area contributed by atoms with Crippen molar-refractivity contribution in [3.8, 4) is 0 Å². The molecule has 0 aromatic heterocycles. The molecule has 0 aliphatic carbocycles. The van der Waals surface area contributed by atoms with E-state index in [1.807, 2.05) is 27.7 Å². The van der Waals surface area contributed by atoms with Crippen molar-refractivity contribution in [1.82, 2.24) is 5.32 Å². The number of amides is 1. The second-order valence-corrected chi connectivity index (χ2v) is 3.25. The molecule has 0 saturated heterocycles. The van der Waals surface area contributed by atoms with Gasteiger partial charge in [-0.15, -0.1) is 0 Å². The zero-order valence-electron chi connectivity index (χ0n) is 7.77. The molecule has 3 N–H and O–H groups in total. The lowest BCUT2D eigenvalue weighted by Gasteiger charge is -2.30. The predicted octanol–water partition coefficient (Wildman–Crippen LogP) is 0.496. The molecule has 0 saturated carbocycles. The Kier molecular flexibility index (Phi) is 3.52. The van der Waals surface area contributed by atoms with Gasteiger partial charge in [-0.05, 0) is 19.4 Å². The Morgan fingerprint density at radius 3 is 2.18 bits per heavy atom. The Morgan fingerprint density at radius 2 is 2.09 bits per heavy atom. The van der Waals surface area contributed by atoms with E-state index in [0.717, 1.165) is 6.54 Å². The van der Waals surface area contributed by atoms with E-state index in [0.29, 0.717) is 0 Å². The van der Waals surface area contributed by atoms with Crippen molar-refractivity contribution < 1.29 is 4.79 Å². The first-order valence-corrected chi connectivity index (χ1v) is 4.00. The SMILES string of the molecule is CCNC(C)(C(N)=O)C(C)C. The zero-order valence-corrected chi connectivity index (χ0v) is 7.77. The lowest BCUT2D eigenvalue weighted by Crippen LogP contribution is -2.56. The first-order chi connectivity index (χ1) is 4.95. The van der Waals surface area contributed by atoms with Crippen molar-refractivity contribution in [3.63, 3.8) is 0 Å². The average Bonchev–Trinajstić information content (AvgIpc) is 1.87. The molecule has 0 bridgehead atoms. The molecule has 3 nitrogen and oxygen atoms in total. The summed E-state index contributed by atoms with van der Waals surface area (Å²) in [5.74, 6) is -0.0608. The van der Waals surface area contributed by atoms with E-state index in [2.05, 4.69) is 5.32 Å². The minimum Gasteiger partial charge on any atom is -0.368 e. The predicted molar refractivity (Wildman–Crippen MR) is 46.1 cm³/mol. The topological polar surface area (TPSA) is 55.1 Å². The number of carbonyl (C=O) groups excluding carboxylic acids is 1. The smallest absolute Gasteiger partial charge is 0.237 e. The molecule has 66 valence electrons. The molecule has 1 atom stereocenters. The highest BCUT2D eigenvalue weighted by Gasteiger charge is 2.33. The summed E-state index contributed by atoms with van der Waals surface area (Å²) >= 11 is 0. The molecule has 0 aromatic rings. The fourth-order valence-electron chi connectivity index (χ4n) is 0.943. The standard InChI is InChI=1S/C8H18N2O/c1-5-10-8(4,6(2)3)7(9)11/h6,10H,5H2,1-4H3,(H2,9,11). The molecule has 11 heavy (non-hydrogen) atoms. The maximum Gasteiger partial charge on any atom is 0.237 e. The number of hydrogen-bond donors (Lipinski definition) is 2. The molecule has 0 aromatic carbocycles. The van der Waals surface area contributed by atoms with E-state index in [-0.39, 0.29) is 11.8 Å². The van der Waals surface area contributed by atoms with E-state index in [4.69, 9.17) is 5.73 Å². The van der Waals surface area contributed by atoms with E-state index in [9.17, 15) is 4.79 Å². The van der Waals surface area contributed by atoms with Crippen LogP contribution in [0.2, 0.25) is 0 Å². The quantitative estimate of drug-likeness (QED) is 0.626. The van der Waals surface area contributed by atoms with E-state index >= 15 is 0 Å². The molecule has 0 rings (SSSR count). The molecular formula is C8H18N2O. The van der Waals surface area contributed by atoms with Crippen molar-refractivity contribution in [2.45, 2.75) is 33.2 Å². The fourth-order valence-corrected chi connectivity index (χ4v) is 0.943. The van der Waals surface area contributed by atoms with E-state index in [1.165, 1.54) is 0 Å². The van der Waals surface area contributed by atoms with Gasteiger partial charge in [0, 0.05) is 0 Å². The highest BCUT2D eigenvalue weighted by atomic mass is 16.1. The summed E-state index contributed by atoms with van der Waals surface area (Å²) in [6.45, 7) is 8.52. The van der Waals surface area contributed by atoms with Gasteiger partial charge >= 0.3 is 0 Å². The summed E-state index contributed by atoms with van der Waals surface area (Å²) in [4.78, 5) is 11.0. The van der Waals surface area contributed by atoms with Crippen LogP contribution in [0.15, 0.2) is 0 Å². The van der Waals surface area contributed by atoms with Gasteiger partial charge in [0.1, 0.15) is 0 Å². The third-order valence-corrected chi connectivity index (χ3v) is 2.21. The zero-order chi connectivity index (χ0) is 9.07. The van der Waals surface area contributed by atoms with Crippen LogP contribution in [0.4, 0.5) is 0 Å². The van der Waals surface area contributed by atoms with Gasteiger partial charge in [0.2, 0.25) is 5.91 Å². The molecule has 0 aliphatic heterocycles. The van der Waals surface area contributed by atoms with Crippen LogP contribution in [-0.4, -0.2) is 18.0 Å². The van der Waals surface area contributed by atoms with Gasteiger partial charge in [-0.25, -0.2) is 0 Å². The third-order valence-electron chi connectivity index (χ3n) is 2.21. The molecule has 3 heteroatoms. The third kappa shape index (κ3) is 2.19. The van der Waals surface area contributed by atoms with Crippen LogP contribution in [-0.2, 0) is 4.79 Å². The molecule has 1 amide bonds. The Bertz CT molecular complexity index is 145. The summed E-state index contributed by atoms with van der Waals surface area (Å²) in [5.41, 5.74) is 4.70. The number of rotatable bonds is 4. The Labute approximate surface area is 68.3 Å². The monoisotopic (exact) mass is 158 g/mol. The normalized spacial score (nSPS) is 16.5. The molecule has 0 heterocycles. The van der Waals surface area contributed by atoms with Gasteiger partial charge < -0.3 is 11.1 Å². The average molecular weight is 158 g/mol. The lowest BCUT2D eigenvalue weighted by atomic mass is 9.88. The number of nitrogens with two attached hydrogens (primary N) is 1. The summed E-state index contributed by atoms with van der Waals surface area (Å²) in [6.07, 6.45) is 0. The largest absolute Gasteiger partial charge is 0.368 e. The van der Waals surface area contributed by atoms with Crippen LogP contribution in [0, 0.1) is 5.92 Å². The maximum absolute atomic E-state index is 11.0. The fraction of sp³-hybridized carbons (Fsp3) is 0.875. The second kappa shape index (κ2) is 3.72. The number of carbonyl (C=O) groups is 1. The van der Waals surface area contributed by atoms with Gasteiger partial charge in [0.15, 0.2) is 0 Å². The summed E-state index contributed by atoms with van der Waals surface area (Å²) < 4.78 is 0. The number of hydrogen-bond acceptors (Lipinski definition) is 2. The number of likely N-dealkylation sites (N-methyl/N-ethyl adjacent to an activating group) is 1. The van der Waals surface area contributed by atoms with Crippen LogP contribution < -0.4 is 11.1 Å². The minimum atomic E-state index is -0.561. The molecule has 0 aliphatic rings. The highest BCUT2D eigenvalue weighted by Crippen LogP contribution is 2.14. The lowest BCUT2D eigenvalue weighted by molar-refractivity contribution is -0.125. The first-order valence-electron chi connectivity index (χ1n) is 4.00. The number of primary amides is 1. The van der Waals surface area contributed by atoms with Crippen molar-refractivity contribution in [1.29, 1.82) is 0 Å². The first kappa shape index (κ1) is 10.4. The van der Waals surface area contributed by atoms with Gasteiger partial charge in [-0.1, -0.05) is 20.8 Å². The summed E-state index contributed by atoms with van der Waals surface area (Å²) in [6, 6.07) is 0. The molecule has 0 spiro atoms. The van der Waals surface area contributed by atoms with E-state index in [1.54, 1.807) is 0 Å². The Hall–Kier alpha value is -0.570. The number of nitrogens with one attached hydrogen (secondary N) is 1. The van der Waals surface area contributed by atoms with Gasteiger partial charge in [0.25, 0.3) is 0 Å². The molecular weight excluding hydrogens is 140 g/mol. The van der Waals surface area contributed by atoms with Crippen LogP contribution in [0.5, 0.6) is 0 Å². The Morgan fingerprint density at radius 1 is 1.64 bits per heavy atom. The van der Waals surface area contributed by atoms with E-state index < -0.39 is 5.54 Å². The summed E-state index contributed by atoms with van der Waals surface area (Å²) in [7, 11) is 0. The Balaban J connectivity index is 4.38. The van der Waals surface area contributed by atoms with Crippen LogP contribution in [0.25, 0.3) is 0 Å². The van der Waals surface area contributed by atoms with Crippen LogP contribution in [0.3, 0.4) is 0 Å². The van der Waals surface area contributed by atoms with Gasteiger partial charge in [-0.2, -0.15) is 0 Å². The van der Waals surface area contributed by atoms with Crippen molar-refractivity contribution in [2.75, 3.05) is 6.54 Å². The maximum atomic E-state index is 11.0. The molecule has 1 unspecified atom stereocenters. The van der Waals surface area contributed by atoms with Gasteiger partial charge in [-0.3, -0.25) is 4.79 Å². The van der Waals surface area contributed by atoms with Crippen molar-refractivity contribution >= 4 is 5.91 Å². The van der Waals surface area contributed by atoms with Crippen molar-refractivity contribution in [2.24, 2.45) is 11.7 Å². The van der Waals surface area contributed by atoms with Crippen LogP contribution >= 0.6 is 0 Å².